The third-order valence-electron chi connectivity index (χ3n) is 4.78. The van der Waals surface area contributed by atoms with E-state index in [1.807, 2.05) is 36.5 Å². The Morgan fingerprint density at radius 3 is 2.28 bits per heavy atom. The number of para-hydroxylation sites is 1. The topological polar surface area (TPSA) is 46.1 Å². The molecule has 130 valence electrons. The summed E-state index contributed by atoms with van der Waals surface area (Å²) in [6, 6.07) is 18.4. The van der Waals surface area contributed by atoms with Crippen LogP contribution < -0.4 is 10.3 Å². The molecule has 0 aromatic heterocycles. The normalized spacial score (nSPS) is 19.6. The van der Waals surface area contributed by atoms with E-state index in [9.17, 15) is 0 Å². The molecule has 2 fully saturated rings. The van der Waals surface area contributed by atoms with E-state index in [1.54, 1.807) is 0 Å². The molecule has 2 heterocycles. The summed E-state index contributed by atoms with van der Waals surface area (Å²) < 4.78 is 11.6. The molecule has 4 rings (SSSR count). The Hall–Kier alpha value is -2.37. The van der Waals surface area contributed by atoms with Crippen LogP contribution in [0.3, 0.4) is 0 Å². The fourth-order valence-electron chi connectivity index (χ4n) is 3.36. The van der Waals surface area contributed by atoms with Crippen LogP contribution in [0.2, 0.25) is 0 Å². The Kier molecular flexibility index (Phi) is 4.68. The molecule has 2 aromatic carbocycles. The Bertz CT molecular complexity index is 699. The van der Waals surface area contributed by atoms with E-state index in [0.29, 0.717) is 0 Å². The molecule has 1 N–H and O–H groups in total. The quantitative estimate of drug-likeness (QED) is 0.685. The molecule has 0 amide bonds. The lowest BCUT2D eigenvalue weighted by molar-refractivity contribution is -0.169. The van der Waals surface area contributed by atoms with Gasteiger partial charge in [0.1, 0.15) is 0 Å². The van der Waals surface area contributed by atoms with Crippen LogP contribution in [-0.4, -0.2) is 38.3 Å². The van der Waals surface area contributed by atoms with Gasteiger partial charge in [-0.05, 0) is 29.8 Å². The molecule has 0 saturated carbocycles. The van der Waals surface area contributed by atoms with Gasteiger partial charge in [-0.1, -0.05) is 30.3 Å². The van der Waals surface area contributed by atoms with Crippen molar-refractivity contribution in [1.29, 1.82) is 0 Å². The van der Waals surface area contributed by atoms with Gasteiger partial charge in [0.15, 0.2) is 5.79 Å². The maximum absolute atomic E-state index is 5.79. The van der Waals surface area contributed by atoms with Gasteiger partial charge in [0, 0.05) is 31.6 Å². The van der Waals surface area contributed by atoms with E-state index in [2.05, 4.69) is 39.7 Å². The van der Waals surface area contributed by atoms with Crippen LogP contribution in [0.25, 0.3) is 0 Å². The van der Waals surface area contributed by atoms with Gasteiger partial charge in [-0.15, -0.1) is 0 Å². The number of anilines is 2. The summed E-state index contributed by atoms with van der Waals surface area (Å²) in [6.45, 7) is 3.38. The number of hydrazone groups is 1. The highest BCUT2D eigenvalue weighted by Crippen LogP contribution is 2.33. The summed E-state index contributed by atoms with van der Waals surface area (Å²) in [7, 11) is 0. The Morgan fingerprint density at radius 1 is 0.920 bits per heavy atom. The molecule has 0 atom stereocenters. The number of nitrogens with zero attached hydrogens (tertiary/aromatic N) is 2. The van der Waals surface area contributed by atoms with E-state index < -0.39 is 0 Å². The standard InChI is InChI=1S/C20H23N3O2/c1-2-4-18(5-3-1)22-21-16-17-6-8-19(9-7-17)23-12-10-20(11-13-23)24-14-15-25-20/h1-9,16,22H,10-15H2. The minimum Gasteiger partial charge on any atom is -0.371 e. The second kappa shape index (κ2) is 7.25. The molecule has 2 aliphatic rings. The van der Waals surface area contributed by atoms with Crippen molar-refractivity contribution in [1.82, 2.24) is 0 Å². The average molecular weight is 337 g/mol. The van der Waals surface area contributed by atoms with Crippen molar-refractivity contribution < 1.29 is 9.47 Å². The third-order valence-corrected chi connectivity index (χ3v) is 4.78. The second-order valence-electron chi connectivity index (χ2n) is 6.42. The van der Waals surface area contributed by atoms with Crippen LogP contribution in [0.15, 0.2) is 59.7 Å². The highest BCUT2D eigenvalue weighted by molar-refractivity contribution is 5.81. The summed E-state index contributed by atoms with van der Waals surface area (Å²) >= 11 is 0. The first-order chi connectivity index (χ1) is 12.3. The molecule has 2 aliphatic heterocycles. The van der Waals surface area contributed by atoms with Crippen molar-refractivity contribution >= 4 is 17.6 Å². The SMILES string of the molecule is C(=NNc1ccccc1)c1ccc(N2CCC3(CC2)OCCO3)cc1. The summed E-state index contributed by atoms with van der Waals surface area (Å²) in [4.78, 5) is 2.39. The van der Waals surface area contributed by atoms with Gasteiger partial charge in [0.2, 0.25) is 0 Å². The molecule has 0 aliphatic carbocycles. The maximum atomic E-state index is 5.79. The summed E-state index contributed by atoms with van der Waals surface area (Å²) in [5, 5.41) is 4.28. The first-order valence-electron chi connectivity index (χ1n) is 8.80. The van der Waals surface area contributed by atoms with E-state index in [0.717, 1.165) is 50.4 Å². The average Bonchev–Trinajstić information content (AvgIpc) is 3.12. The van der Waals surface area contributed by atoms with Crippen LogP contribution >= 0.6 is 0 Å². The van der Waals surface area contributed by atoms with Crippen LogP contribution in [0.5, 0.6) is 0 Å². The molecule has 2 saturated heterocycles. The predicted octanol–water partition coefficient (Wildman–Crippen LogP) is 3.48. The fraction of sp³-hybridized carbons (Fsp3) is 0.350. The van der Waals surface area contributed by atoms with E-state index in [4.69, 9.17) is 9.47 Å². The number of ether oxygens (including phenoxy) is 2. The van der Waals surface area contributed by atoms with Gasteiger partial charge < -0.3 is 14.4 Å². The van der Waals surface area contributed by atoms with E-state index in [1.165, 1.54) is 5.69 Å². The first-order valence-corrected chi connectivity index (χ1v) is 8.80. The first kappa shape index (κ1) is 16.1. The monoisotopic (exact) mass is 337 g/mol. The van der Waals surface area contributed by atoms with Crippen LogP contribution in [0.1, 0.15) is 18.4 Å². The van der Waals surface area contributed by atoms with Gasteiger partial charge >= 0.3 is 0 Å². The van der Waals surface area contributed by atoms with Gasteiger partial charge in [-0.25, -0.2) is 0 Å². The van der Waals surface area contributed by atoms with Gasteiger partial charge in [-0.2, -0.15) is 5.10 Å². The predicted molar refractivity (Wildman–Crippen MR) is 100 cm³/mol. The largest absolute Gasteiger partial charge is 0.371 e. The number of nitrogens with one attached hydrogen (secondary N) is 1. The molecule has 1 spiro atoms. The van der Waals surface area contributed by atoms with E-state index >= 15 is 0 Å². The molecule has 5 nitrogen and oxygen atoms in total. The molecular weight excluding hydrogens is 314 g/mol. The van der Waals surface area contributed by atoms with E-state index in [-0.39, 0.29) is 5.79 Å². The van der Waals surface area contributed by atoms with Crippen molar-refractivity contribution in [3.8, 4) is 0 Å². The summed E-state index contributed by atoms with van der Waals surface area (Å²) in [6.07, 6.45) is 3.69. The second-order valence-corrected chi connectivity index (χ2v) is 6.42. The smallest absolute Gasteiger partial charge is 0.171 e. The Balaban J connectivity index is 1.33. The third kappa shape index (κ3) is 3.83. The van der Waals surface area contributed by atoms with Crippen molar-refractivity contribution in [2.45, 2.75) is 18.6 Å². The zero-order valence-corrected chi connectivity index (χ0v) is 14.2. The van der Waals surface area contributed by atoms with Crippen LogP contribution in [0.4, 0.5) is 11.4 Å². The highest BCUT2D eigenvalue weighted by Gasteiger charge is 2.39. The van der Waals surface area contributed by atoms with Crippen LogP contribution in [0, 0.1) is 0 Å². The zero-order valence-electron chi connectivity index (χ0n) is 14.2. The maximum Gasteiger partial charge on any atom is 0.171 e. The highest BCUT2D eigenvalue weighted by atomic mass is 16.7. The van der Waals surface area contributed by atoms with Gasteiger partial charge in [-0.3, -0.25) is 5.43 Å². The van der Waals surface area contributed by atoms with Crippen molar-refractivity contribution in [3.63, 3.8) is 0 Å². The summed E-state index contributed by atoms with van der Waals surface area (Å²) in [5.41, 5.74) is 6.32. The van der Waals surface area contributed by atoms with Crippen molar-refractivity contribution in [3.05, 3.63) is 60.2 Å². The Labute approximate surface area is 148 Å². The lowest BCUT2D eigenvalue weighted by atomic mass is 10.0. The van der Waals surface area contributed by atoms with Crippen molar-refractivity contribution in [2.75, 3.05) is 36.6 Å². The lowest BCUT2D eigenvalue weighted by Gasteiger charge is -2.38. The van der Waals surface area contributed by atoms with Gasteiger partial charge in [0.25, 0.3) is 0 Å². The number of hydrogen-bond donors (Lipinski definition) is 1. The molecule has 0 unspecified atom stereocenters. The number of piperidine rings is 1. The molecule has 0 bridgehead atoms. The zero-order chi connectivity index (χ0) is 17.0. The number of hydrogen-bond acceptors (Lipinski definition) is 5. The number of rotatable bonds is 4. The molecule has 0 radical (unpaired) electrons. The minimum absolute atomic E-state index is 0.313. The fourth-order valence-corrected chi connectivity index (χ4v) is 3.36. The number of benzene rings is 2. The van der Waals surface area contributed by atoms with Gasteiger partial charge in [0.05, 0.1) is 25.1 Å². The lowest BCUT2D eigenvalue weighted by Crippen LogP contribution is -2.45. The Morgan fingerprint density at radius 2 is 1.60 bits per heavy atom. The summed E-state index contributed by atoms with van der Waals surface area (Å²) in [5.74, 6) is -0.313. The minimum atomic E-state index is -0.313. The van der Waals surface area contributed by atoms with Crippen LogP contribution in [-0.2, 0) is 9.47 Å². The molecule has 25 heavy (non-hydrogen) atoms. The molecule has 2 aromatic rings. The molecular formula is C20H23N3O2. The van der Waals surface area contributed by atoms with Crippen molar-refractivity contribution in [2.24, 2.45) is 5.10 Å². The molecule has 5 heteroatoms.